The predicted octanol–water partition coefficient (Wildman–Crippen LogP) is 2.54. The summed E-state index contributed by atoms with van der Waals surface area (Å²) in [5.41, 5.74) is 1.08. The smallest absolute Gasteiger partial charge is 0.221 e. The molecule has 0 spiro atoms. The minimum absolute atomic E-state index is 0.0729. The largest absolute Gasteiger partial charge is 0.474 e. The van der Waals surface area contributed by atoms with Crippen LogP contribution in [0.15, 0.2) is 12.5 Å². The van der Waals surface area contributed by atoms with Crippen molar-refractivity contribution in [3.05, 3.63) is 18.1 Å². The number of hydrogen-bond acceptors (Lipinski definition) is 4. The first-order chi connectivity index (χ1) is 7.92. The van der Waals surface area contributed by atoms with Crippen LogP contribution < -0.4 is 10.1 Å². The average Bonchev–Trinajstić information content (AvgIpc) is 2.26. The molecule has 1 atom stereocenters. The Bertz CT molecular complexity index is 347. The maximum absolute atomic E-state index is 5.77. The first kappa shape index (κ1) is 13.9. The van der Waals surface area contributed by atoms with Gasteiger partial charge in [-0.05, 0) is 34.1 Å². The summed E-state index contributed by atoms with van der Waals surface area (Å²) < 4.78 is 5.77. The normalized spacial score (nSPS) is 13.5. The highest BCUT2D eigenvalue weighted by Gasteiger charge is 2.13. The van der Waals surface area contributed by atoms with E-state index in [2.05, 4.69) is 43.0 Å². The molecule has 0 aromatic carbocycles. The van der Waals surface area contributed by atoms with Crippen molar-refractivity contribution in [1.29, 1.82) is 0 Å². The van der Waals surface area contributed by atoms with Gasteiger partial charge in [0.05, 0.1) is 6.10 Å². The summed E-state index contributed by atoms with van der Waals surface area (Å²) in [6, 6.07) is 0. The van der Waals surface area contributed by atoms with E-state index >= 15 is 0 Å². The fourth-order valence-corrected chi connectivity index (χ4v) is 1.21. The van der Waals surface area contributed by atoms with E-state index in [9.17, 15) is 0 Å². The first-order valence-electron chi connectivity index (χ1n) is 6.13. The van der Waals surface area contributed by atoms with Crippen LogP contribution >= 0.6 is 0 Å². The summed E-state index contributed by atoms with van der Waals surface area (Å²) in [4.78, 5) is 8.24. The summed E-state index contributed by atoms with van der Waals surface area (Å²) in [5.74, 6) is 0.686. The number of nitrogens with one attached hydrogen (secondary N) is 1. The third-order valence-electron chi connectivity index (χ3n) is 2.44. The highest BCUT2D eigenvalue weighted by molar-refractivity contribution is 5.22. The highest BCUT2D eigenvalue weighted by Crippen LogP contribution is 2.16. The molecule has 0 aliphatic heterocycles. The van der Waals surface area contributed by atoms with Crippen molar-refractivity contribution in [3.8, 4) is 5.88 Å². The van der Waals surface area contributed by atoms with Crippen LogP contribution in [0.4, 0.5) is 0 Å². The van der Waals surface area contributed by atoms with Crippen molar-refractivity contribution in [3.63, 3.8) is 0 Å². The van der Waals surface area contributed by atoms with Gasteiger partial charge in [-0.1, -0.05) is 6.92 Å². The molecule has 1 unspecified atom stereocenters. The lowest BCUT2D eigenvalue weighted by Crippen LogP contribution is -2.35. The van der Waals surface area contributed by atoms with E-state index in [0.717, 1.165) is 18.5 Å². The molecule has 4 heteroatoms. The summed E-state index contributed by atoms with van der Waals surface area (Å²) in [6.07, 6.45) is 4.48. The molecule has 0 aliphatic rings. The van der Waals surface area contributed by atoms with Crippen LogP contribution in [0.5, 0.6) is 5.88 Å². The third kappa shape index (κ3) is 5.13. The first-order valence-corrected chi connectivity index (χ1v) is 6.13. The van der Waals surface area contributed by atoms with Gasteiger partial charge in [0.1, 0.15) is 6.33 Å². The topological polar surface area (TPSA) is 47.0 Å². The molecule has 0 saturated carbocycles. The van der Waals surface area contributed by atoms with Crippen LogP contribution in [0.25, 0.3) is 0 Å². The molecule has 1 rings (SSSR count). The molecule has 1 heterocycles. The fourth-order valence-electron chi connectivity index (χ4n) is 1.21. The van der Waals surface area contributed by atoms with Crippen molar-refractivity contribution < 1.29 is 4.74 Å². The zero-order valence-electron chi connectivity index (χ0n) is 11.4. The Hall–Kier alpha value is -1.16. The summed E-state index contributed by atoms with van der Waals surface area (Å²) >= 11 is 0. The fraction of sp³-hybridized carbons (Fsp3) is 0.692. The molecule has 96 valence electrons. The molecule has 1 N–H and O–H groups in total. The van der Waals surface area contributed by atoms with Gasteiger partial charge in [-0.2, -0.15) is 0 Å². The van der Waals surface area contributed by atoms with E-state index < -0.39 is 0 Å². The second-order valence-corrected chi connectivity index (χ2v) is 5.29. The van der Waals surface area contributed by atoms with Gasteiger partial charge in [-0.3, -0.25) is 0 Å². The van der Waals surface area contributed by atoms with Crippen molar-refractivity contribution in [1.82, 2.24) is 15.3 Å². The van der Waals surface area contributed by atoms with Crippen LogP contribution in [-0.2, 0) is 6.54 Å². The molecule has 0 bridgehead atoms. The Kier molecular flexibility index (Phi) is 4.87. The van der Waals surface area contributed by atoms with E-state index in [1.165, 1.54) is 6.33 Å². The van der Waals surface area contributed by atoms with Gasteiger partial charge in [-0.15, -0.1) is 0 Å². The second-order valence-electron chi connectivity index (χ2n) is 5.29. The number of hydrogen-bond donors (Lipinski definition) is 1. The lowest BCUT2D eigenvalue weighted by molar-refractivity contribution is 0.205. The van der Waals surface area contributed by atoms with Gasteiger partial charge in [0.2, 0.25) is 5.88 Å². The zero-order chi connectivity index (χ0) is 12.9. The molecule has 4 nitrogen and oxygen atoms in total. The molecular formula is C13H23N3O. The number of aromatic nitrogens is 2. The van der Waals surface area contributed by atoms with E-state index in [1.807, 2.05) is 13.1 Å². The second kappa shape index (κ2) is 5.96. The molecule has 0 saturated heterocycles. The summed E-state index contributed by atoms with van der Waals surface area (Å²) in [7, 11) is 0. The van der Waals surface area contributed by atoms with Gasteiger partial charge < -0.3 is 10.1 Å². The standard InChI is InChI=1S/C13H23N3O/c1-6-10(2)17-12-11(7-14-9-15-12)8-16-13(3,4)5/h7,9-10,16H,6,8H2,1-5H3. The van der Waals surface area contributed by atoms with Gasteiger partial charge in [0.15, 0.2) is 0 Å². The Morgan fingerprint density at radius 2 is 2.12 bits per heavy atom. The van der Waals surface area contributed by atoms with Crippen molar-refractivity contribution in [2.24, 2.45) is 0 Å². The monoisotopic (exact) mass is 237 g/mol. The molecule has 0 aliphatic carbocycles. The maximum Gasteiger partial charge on any atom is 0.221 e. The number of ether oxygens (including phenoxy) is 1. The average molecular weight is 237 g/mol. The van der Waals surface area contributed by atoms with Gasteiger partial charge in [-0.25, -0.2) is 9.97 Å². The lowest BCUT2D eigenvalue weighted by Gasteiger charge is -2.21. The highest BCUT2D eigenvalue weighted by atomic mass is 16.5. The van der Waals surface area contributed by atoms with Gasteiger partial charge in [0.25, 0.3) is 0 Å². The van der Waals surface area contributed by atoms with Gasteiger partial charge in [0, 0.05) is 23.8 Å². The van der Waals surface area contributed by atoms with Crippen LogP contribution in [-0.4, -0.2) is 21.6 Å². The maximum atomic E-state index is 5.77. The quantitative estimate of drug-likeness (QED) is 0.855. The Morgan fingerprint density at radius 3 is 2.71 bits per heavy atom. The van der Waals surface area contributed by atoms with Crippen molar-refractivity contribution >= 4 is 0 Å². The number of nitrogens with zero attached hydrogens (tertiary/aromatic N) is 2. The third-order valence-corrected chi connectivity index (χ3v) is 2.44. The summed E-state index contributed by atoms with van der Waals surface area (Å²) in [5, 5.41) is 3.41. The SMILES string of the molecule is CCC(C)Oc1ncncc1CNC(C)(C)C. The van der Waals surface area contributed by atoms with Crippen molar-refractivity contribution in [2.45, 2.75) is 59.2 Å². The minimum atomic E-state index is 0.0729. The number of rotatable bonds is 5. The van der Waals surface area contributed by atoms with Crippen LogP contribution in [0.3, 0.4) is 0 Å². The predicted molar refractivity (Wildman–Crippen MR) is 69.0 cm³/mol. The Morgan fingerprint density at radius 1 is 1.41 bits per heavy atom. The van der Waals surface area contributed by atoms with E-state index in [4.69, 9.17) is 4.74 Å². The van der Waals surface area contributed by atoms with Crippen molar-refractivity contribution in [2.75, 3.05) is 0 Å². The van der Waals surface area contributed by atoms with Crippen LogP contribution in [0.2, 0.25) is 0 Å². The molecule has 0 fully saturated rings. The van der Waals surface area contributed by atoms with Gasteiger partial charge >= 0.3 is 0 Å². The van der Waals surface area contributed by atoms with E-state index in [-0.39, 0.29) is 11.6 Å². The minimum Gasteiger partial charge on any atom is -0.474 e. The van der Waals surface area contributed by atoms with Crippen LogP contribution in [0, 0.1) is 0 Å². The molecule has 1 aromatic rings. The zero-order valence-corrected chi connectivity index (χ0v) is 11.4. The Labute approximate surface area is 104 Å². The van der Waals surface area contributed by atoms with E-state index in [1.54, 1.807) is 0 Å². The molecule has 0 radical (unpaired) electrons. The lowest BCUT2D eigenvalue weighted by atomic mass is 10.1. The molecular weight excluding hydrogens is 214 g/mol. The van der Waals surface area contributed by atoms with Crippen LogP contribution in [0.1, 0.15) is 46.6 Å². The molecule has 0 amide bonds. The summed E-state index contributed by atoms with van der Waals surface area (Å²) in [6.45, 7) is 11.3. The molecule has 17 heavy (non-hydrogen) atoms. The van der Waals surface area contributed by atoms with E-state index in [0.29, 0.717) is 5.88 Å². The Balaban J connectivity index is 2.70. The molecule has 1 aromatic heterocycles.